The lowest BCUT2D eigenvalue weighted by atomic mass is 9.83. The molecule has 1 aliphatic heterocycles. The van der Waals surface area contributed by atoms with Crippen LogP contribution in [0.5, 0.6) is 0 Å². The van der Waals surface area contributed by atoms with Crippen molar-refractivity contribution in [2.75, 3.05) is 5.75 Å². The molecule has 2 fully saturated rings. The zero-order valence-electron chi connectivity index (χ0n) is 12.8. The van der Waals surface area contributed by atoms with Crippen molar-refractivity contribution in [1.82, 2.24) is 5.32 Å². The van der Waals surface area contributed by atoms with Gasteiger partial charge in [-0.15, -0.1) is 0 Å². The average Bonchev–Trinajstić information content (AvgIpc) is 2.85. The number of hydrogen-bond acceptors (Lipinski definition) is 2. The van der Waals surface area contributed by atoms with Crippen molar-refractivity contribution < 1.29 is 4.39 Å². The molecule has 3 rings (SSSR count). The van der Waals surface area contributed by atoms with Crippen LogP contribution in [0.1, 0.15) is 56.2 Å². The van der Waals surface area contributed by atoms with E-state index in [4.69, 9.17) is 4.99 Å². The van der Waals surface area contributed by atoms with Crippen molar-refractivity contribution in [3.63, 3.8) is 0 Å². The van der Waals surface area contributed by atoms with E-state index in [-0.39, 0.29) is 17.4 Å². The summed E-state index contributed by atoms with van der Waals surface area (Å²) < 4.78 is 13.7. The summed E-state index contributed by atoms with van der Waals surface area (Å²) in [5.74, 6) is 0.983. The summed E-state index contributed by atoms with van der Waals surface area (Å²) in [6.45, 7) is 3.82. The number of nitrogens with one attached hydrogen (secondary N) is 1. The van der Waals surface area contributed by atoms with Gasteiger partial charge in [0.1, 0.15) is 5.82 Å². The number of nitrogens with zero attached hydrogens (tertiary/aromatic N) is 1. The minimum Gasteiger partial charge on any atom is -0.359 e. The smallest absolute Gasteiger partial charge is 0.157 e. The molecule has 0 bridgehead atoms. The van der Waals surface area contributed by atoms with Crippen LogP contribution in [0.4, 0.5) is 4.39 Å². The molecule has 1 heterocycles. The van der Waals surface area contributed by atoms with Gasteiger partial charge in [0.2, 0.25) is 0 Å². The average molecular weight is 306 g/mol. The van der Waals surface area contributed by atoms with E-state index in [0.29, 0.717) is 5.56 Å². The Labute approximate surface area is 130 Å². The van der Waals surface area contributed by atoms with Crippen LogP contribution in [0.2, 0.25) is 0 Å². The molecule has 21 heavy (non-hydrogen) atoms. The van der Waals surface area contributed by atoms with Crippen LogP contribution in [-0.2, 0) is 0 Å². The van der Waals surface area contributed by atoms with Crippen molar-refractivity contribution in [2.24, 2.45) is 4.99 Å². The quantitative estimate of drug-likeness (QED) is 0.864. The zero-order valence-corrected chi connectivity index (χ0v) is 13.6. The van der Waals surface area contributed by atoms with E-state index < -0.39 is 0 Å². The Hall–Kier alpha value is -1.03. The van der Waals surface area contributed by atoms with E-state index in [9.17, 15) is 4.39 Å². The van der Waals surface area contributed by atoms with Gasteiger partial charge >= 0.3 is 0 Å². The van der Waals surface area contributed by atoms with Gasteiger partial charge in [0.25, 0.3) is 0 Å². The van der Waals surface area contributed by atoms with Crippen LogP contribution in [0.3, 0.4) is 0 Å². The van der Waals surface area contributed by atoms with Gasteiger partial charge in [0.05, 0.1) is 6.04 Å². The van der Waals surface area contributed by atoms with Gasteiger partial charge in [0, 0.05) is 11.3 Å². The molecule has 2 aliphatic rings. The largest absolute Gasteiger partial charge is 0.359 e. The second-order valence-corrected chi connectivity index (χ2v) is 7.34. The molecule has 1 saturated heterocycles. The van der Waals surface area contributed by atoms with Gasteiger partial charge in [0.15, 0.2) is 5.17 Å². The summed E-state index contributed by atoms with van der Waals surface area (Å²) >= 11 is 1.82. The Morgan fingerprint density at radius 2 is 2.05 bits per heavy atom. The molecule has 1 aliphatic carbocycles. The number of aryl methyl sites for hydroxylation is 1. The highest BCUT2D eigenvalue weighted by Gasteiger charge is 2.38. The van der Waals surface area contributed by atoms with Crippen molar-refractivity contribution in [2.45, 2.75) is 57.5 Å². The van der Waals surface area contributed by atoms with Crippen molar-refractivity contribution in [1.29, 1.82) is 0 Å². The van der Waals surface area contributed by atoms with E-state index >= 15 is 0 Å². The molecule has 1 N–H and O–H groups in total. The lowest BCUT2D eigenvalue weighted by Crippen LogP contribution is -2.45. The Morgan fingerprint density at radius 1 is 1.29 bits per heavy atom. The fraction of sp³-hybridized carbons (Fsp3) is 0.588. The molecular weight excluding hydrogens is 283 g/mol. The molecule has 114 valence electrons. The van der Waals surface area contributed by atoms with Gasteiger partial charge in [-0.1, -0.05) is 43.2 Å². The topological polar surface area (TPSA) is 24.4 Å². The first kappa shape index (κ1) is 14.9. The number of amidine groups is 1. The molecule has 1 aromatic rings. The molecular formula is C17H23FN2S. The van der Waals surface area contributed by atoms with Gasteiger partial charge in [-0.25, -0.2) is 4.39 Å². The van der Waals surface area contributed by atoms with Crippen molar-refractivity contribution in [3.05, 3.63) is 35.1 Å². The van der Waals surface area contributed by atoms with Crippen LogP contribution in [0.25, 0.3) is 0 Å². The van der Waals surface area contributed by atoms with Gasteiger partial charge in [-0.3, -0.25) is 4.99 Å². The van der Waals surface area contributed by atoms with Crippen molar-refractivity contribution in [3.8, 4) is 0 Å². The Bertz CT molecular complexity index is 550. The Kier molecular flexibility index (Phi) is 4.25. The highest BCUT2D eigenvalue weighted by atomic mass is 32.2. The maximum absolute atomic E-state index is 13.7. The highest BCUT2D eigenvalue weighted by molar-refractivity contribution is 8.14. The first-order valence-corrected chi connectivity index (χ1v) is 8.81. The maximum atomic E-state index is 13.7. The molecule has 1 spiro atoms. The summed E-state index contributed by atoms with van der Waals surface area (Å²) in [6.07, 6.45) is 6.51. The van der Waals surface area contributed by atoms with Crippen LogP contribution in [0, 0.1) is 12.7 Å². The van der Waals surface area contributed by atoms with Crippen molar-refractivity contribution >= 4 is 16.9 Å². The third-order valence-corrected chi connectivity index (χ3v) is 5.83. The predicted molar refractivity (Wildman–Crippen MR) is 88.4 cm³/mol. The van der Waals surface area contributed by atoms with E-state index in [0.717, 1.165) is 16.5 Å². The second kappa shape index (κ2) is 5.99. The fourth-order valence-corrected chi connectivity index (χ4v) is 4.49. The third-order valence-electron chi connectivity index (χ3n) is 4.66. The number of halogens is 1. The predicted octanol–water partition coefficient (Wildman–Crippen LogP) is 4.59. The van der Waals surface area contributed by atoms with Crippen LogP contribution < -0.4 is 5.32 Å². The summed E-state index contributed by atoms with van der Waals surface area (Å²) in [4.78, 5) is 4.77. The first-order valence-electron chi connectivity index (χ1n) is 7.83. The minimum atomic E-state index is -0.143. The lowest BCUT2D eigenvalue weighted by Gasteiger charge is -2.32. The molecule has 1 unspecified atom stereocenters. The summed E-state index contributed by atoms with van der Waals surface area (Å²) in [5.41, 5.74) is 1.91. The van der Waals surface area contributed by atoms with Gasteiger partial charge in [-0.05, 0) is 43.9 Å². The fourth-order valence-electron chi connectivity index (χ4n) is 3.19. The lowest BCUT2D eigenvalue weighted by molar-refractivity contribution is 0.303. The number of thioether (sulfide) groups is 1. The van der Waals surface area contributed by atoms with E-state index in [1.807, 2.05) is 30.8 Å². The molecule has 0 aromatic heterocycles. The molecule has 1 aromatic carbocycles. The molecule has 0 radical (unpaired) electrons. The number of hydrogen-bond donors (Lipinski definition) is 1. The van der Waals surface area contributed by atoms with E-state index in [1.165, 1.54) is 32.1 Å². The Morgan fingerprint density at radius 3 is 2.76 bits per heavy atom. The van der Waals surface area contributed by atoms with Gasteiger partial charge in [-0.2, -0.15) is 0 Å². The third kappa shape index (κ3) is 3.25. The number of aliphatic imine (C=N–C) groups is 1. The van der Waals surface area contributed by atoms with E-state index in [2.05, 4.69) is 5.32 Å². The highest BCUT2D eigenvalue weighted by Crippen LogP contribution is 2.36. The molecule has 0 amide bonds. The molecule has 1 saturated carbocycles. The molecule has 4 heteroatoms. The van der Waals surface area contributed by atoms with Crippen LogP contribution in [0.15, 0.2) is 23.2 Å². The number of rotatable bonds is 2. The first-order chi connectivity index (χ1) is 10.1. The van der Waals surface area contributed by atoms with Crippen LogP contribution in [-0.4, -0.2) is 16.5 Å². The molecule has 1 atom stereocenters. The minimum absolute atomic E-state index is 0.00570. The Balaban J connectivity index is 1.71. The summed E-state index contributed by atoms with van der Waals surface area (Å²) in [6, 6.07) is 5.41. The zero-order chi connectivity index (χ0) is 14.9. The second-order valence-electron chi connectivity index (χ2n) is 6.37. The summed E-state index contributed by atoms with van der Waals surface area (Å²) in [5, 5.41) is 4.68. The van der Waals surface area contributed by atoms with Gasteiger partial charge < -0.3 is 5.32 Å². The number of benzene rings is 1. The molecule has 2 nitrogen and oxygen atoms in total. The van der Waals surface area contributed by atoms with E-state index in [1.54, 1.807) is 13.0 Å². The SMILES string of the molecule is Cc1ccc(C(C)N=C2NC3(CCCCC3)CS2)cc1F. The summed E-state index contributed by atoms with van der Waals surface area (Å²) in [7, 11) is 0. The monoisotopic (exact) mass is 306 g/mol. The van der Waals surface area contributed by atoms with Crippen LogP contribution >= 0.6 is 11.8 Å². The standard InChI is InChI=1S/C17H23FN2S/c1-12-6-7-14(10-15(12)18)13(2)19-16-20-17(11-21-16)8-4-3-5-9-17/h6-7,10,13H,3-5,8-9,11H2,1-2H3,(H,19,20). The normalized spacial score (nSPS) is 24.2. The maximum Gasteiger partial charge on any atom is 0.157 e.